The molecular formula is C19H21N3O4S. The molecule has 2 aromatic rings. The Bertz CT molecular complexity index is 950. The number of hydrogen-bond acceptors (Lipinski definition) is 5. The van der Waals surface area contributed by atoms with Gasteiger partial charge in [-0.05, 0) is 36.8 Å². The van der Waals surface area contributed by atoms with Gasteiger partial charge in [-0.3, -0.25) is 9.10 Å². The number of hydrogen-bond donors (Lipinski definition) is 1. The van der Waals surface area contributed by atoms with E-state index < -0.39 is 22.0 Å². The summed E-state index contributed by atoms with van der Waals surface area (Å²) in [7, 11) is -2.23. The van der Waals surface area contributed by atoms with Gasteiger partial charge >= 0.3 is 0 Å². The van der Waals surface area contributed by atoms with Crippen LogP contribution in [0, 0.1) is 11.3 Å². The summed E-state index contributed by atoms with van der Waals surface area (Å²) in [6.45, 7) is 1.51. The van der Waals surface area contributed by atoms with Crippen LogP contribution in [0.25, 0.3) is 0 Å². The quantitative estimate of drug-likeness (QED) is 0.787. The summed E-state index contributed by atoms with van der Waals surface area (Å²) in [5.74, 6) is 0.0121. The Kier molecular flexibility index (Phi) is 6.42. The first kappa shape index (κ1) is 20.3. The van der Waals surface area contributed by atoms with E-state index in [-0.39, 0.29) is 6.42 Å². The van der Waals surface area contributed by atoms with Crippen molar-refractivity contribution in [2.45, 2.75) is 19.4 Å². The number of benzene rings is 2. The summed E-state index contributed by atoms with van der Waals surface area (Å²) in [6.07, 6.45) is 1.33. The van der Waals surface area contributed by atoms with Crippen LogP contribution in [0.15, 0.2) is 48.5 Å². The van der Waals surface area contributed by atoms with Gasteiger partial charge in [-0.1, -0.05) is 18.2 Å². The first-order chi connectivity index (χ1) is 12.8. The molecule has 0 radical (unpaired) electrons. The zero-order valence-electron chi connectivity index (χ0n) is 15.3. The summed E-state index contributed by atoms with van der Waals surface area (Å²) in [5.41, 5.74) is 1.69. The average Bonchev–Trinajstić information content (AvgIpc) is 2.62. The summed E-state index contributed by atoms with van der Waals surface area (Å²) in [5, 5.41) is 11.4. The van der Waals surface area contributed by atoms with E-state index in [4.69, 9.17) is 10.00 Å². The standard InChI is InChI=1S/C19H21N3O4S/c1-14(19(23)21-16-9-7-15(8-10-16)11-12-20)22(27(3,24)25)17-5-4-6-18(13-17)26-2/h4-10,13-14H,11H2,1-3H3,(H,21,23)/t14-/m0/s1. The van der Waals surface area contributed by atoms with Crippen LogP contribution in [0.5, 0.6) is 5.75 Å². The molecule has 0 aliphatic carbocycles. The predicted octanol–water partition coefficient (Wildman–Crippen LogP) is 2.55. The van der Waals surface area contributed by atoms with E-state index in [1.165, 1.54) is 14.0 Å². The lowest BCUT2D eigenvalue weighted by Gasteiger charge is -2.28. The molecule has 7 nitrogen and oxygen atoms in total. The van der Waals surface area contributed by atoms with E-state index >= 15 is 0 Å². The van der Waals surface area contributed by atoms with E-state index in [1.807, 2.05) is 0 Å². The zero-order valence-corrected chi connectivity index (χ0v) is 16.2. The van der Waals surface area contributed by atoms with Gasteiger partial charge < -0.3 is 10.1 Å². The minimum absolute atomic E-state index is 0.280. The van der Waals surface area contributed by atoms with Gasteiger partial charge in [0, 0.05) is 11.8 Å². The molecule has 1 amide bonds. The van der Waals surface area contributed by atoms with Gasteiger partial charge in [0.2, 0.25) is 15.9 Å². The van der Waals surface area contributed by atoms with Crippen molar-refractivity contribution in [3.05, 3.63) is 54.1 Å². The third-order valence-corrected chi connectivity index (χ3v) is 5.14. The number of nitriles is 1. The van der Waals surface area contributed by atoms with E-state index in [2.05, 4.69) is 11.4 Å². The van der Waals surface area contributed by atoms with Crippen molar-refractivity contribution in [1.82, 2.24) is 0 Å². The molecule has 0 saturated heterocycles. The highest BCUT2D eigenvalue weighted by atomic mass is 32.2. The second kappa shape index (κ2) is 8.56. The molecule has 0 fully saturated rings. The number of nitrogens with zero attached hydrogens (tertiary/aromatic N) is 2. The number of amides is 1. The van der Waals surface area contributed by atoms with Gasteiger partial charge in [-0.15, -0.1) is 0 Å². The molecule has 1 N–H and O–H groups in total. The minimum atomic E-state index is -3.71. The van der Waals surface area contributed by atoms with Crippen LogP contribution in [0.2, 0.25) is 0 Å². The lowest BCUT2D eigenvalue weighted by atomic mass is 10.1. The van der Waals surface area contributed by atoms with E-state index in [1.54, 1.807) is 48.5 Å². The smallest absolute Gasteiger partial charge is 0.247 e. The van der Waals surface area contributed by atoms with Crippen molar-refractivity contribution in [2.24, 2.45) is 0 Å². The monoisotopic (exact) mass is 387 g/mol. The Morgan fingerprint density at radius 1 is 1.26 bits per heavy atom. The van der Waals surface area contributed by atoms with E-state index in [0.717, 1.165) is 16.1 Å². The number of anilines is 2. The number of nitrogens with one attached hydrogen (secondary N) is 1. The molecule has 0 heterocycles. The lowest BCUT2D eigenvalue weighted by Crippen LogP contribution is -2.45. The van der Waals surface area contributed by atoms with Gasteiger partial charge in [-0.2, -0.15) is 5.26 Å². The van der Waals surface area contributed by atoms with Crippen LogP contribution in [0.4, 0.5) is 11.4 Å². The fourth-order valence-corrected chi connectivity index (χ4v) is 3.77. The van der Waals surface area contributed by atoms with Crippen molar-refractivity contribution in [3.8, 4) is 11.8 Å². The summed E-state index contributed by atoms with van der Waals surface area (Å²) < 4.78 is 30.8. The maximum Gasteiger partial charge on any atom is 0.247 e. The zero-order chi connectivity index (χ0) is 20.0. The number of carbonyl (C=O) groups excluding carboxylic acids is 1. The Balaban J connectivity index is 2.25. The molecule has 0 unspecified atom stereocenters. The van der Waals surface area contributed by atoms with Crippen LogP contribution >= 0.6 is 0 Å². The Hall–Kier alpha value is -3.05. The molecule has 0 spiro atoms. The van der Waals surface area contributed by atoms with Crippen LogP contribution in [-0.2, 0) is 21.2 Å². The summed E-state index contributed by atoms with van der Waals surface area (Å²) in [4.78, 5) is 12.6. The molecule has 0 saturated carbocycles. The summed E-state index contributed by atoms with van der Waals surface area (Å²) in [6, 6.07) is 14.4. The predicted molar refractivity (Wildman–Crippen MR) is 104 cm³/mol. The number of methoxy groups -OCH3 is 1. The molecule has 8 heteroatoms. The number of ether oxygens (including phenoxy) is 1. The fraction of sp³-hybridized carbons (Fsp3) is 0.263. The highest BCUT2D eigenvalue weighted by Crippen LogP contribution is 2.25. The van der Waals surface area contributed by atoms with Crippen molar-refractivity contribution in [1.29, 1.82) is 5.26 Å². The highest BCUT2D eigenvalue weighted by molar-refractivity contribution is 7.92. The molecule has 142 valence electrons. The maximum absolute atomic E-state index is 12.6. The van der Waals surface area contributed by atoms with Gasteiger partial charge in [0.05, 0.1) is 31.5 Å². The Morgan fingerprint density at radius 2 is 1.93 bits per heavy atom. The SMILES string of the molecule is COc1cccc(N([C@@H](C)C(=O)Nc2ccc(CC#N)cc2)S(C)(=O)=O)c1. The van der Waals surface area contributed by atoms with Crippen LogP contribution < -0.4 is 14.4 Å². The molecule has 1 atom stereocenters. The third-order valence-electron chi connectivity index (χ3n) is 3.90. The van der Waals surface area contributed by atoms with Crippen molar-refractivity contribution >= 4 is 27.3 Å². The third kappa shape index (κ3) is 5.21. The van der Waals surface area contributed by atoms with Crippen molar-refractivity contribution < 1.29 is 17.9 Å². The maximum atomic E-state index is 12.6. The lowest BCUT2D eigenvalue weighted by molar-refractivity contribution is -0.116. The molecule has 0 aliphatic heterocycles. The molecule has 2 aromatic carbocycles. The Labute approximate surface area is 159 Å². The van der Waals surface area contributed by atoms with Gasteiger partial charge in [0.25, 0.3) is 0 Å². The largest absolute Gasteiger partial charge is 0.497 e. The Morgan fingerprint density at radius 3 is 2.48 bits per heavy atom. The van der Waals surface area contributed by atoms with E-state index in [9.17, 15) is 13.2 Å². The molecular weight excluding hydrogens is 366 g/mol. The number of carbonyl (C=O) groups is 1. The molecule has 27 heavy (non-hydrogen) atoms. The second-order valence-corrected chi connectivity index (χ2v) is 7.82. The number of sulfonamides is 1. The van der Waals surface area contributed by atoms with Crippen molar-refractivity contribution in [2.75, 3.05) is 23.0 Å². The van der Waals surface area contributed by atoms with Gasteiger partial charge in [0.15, 0.2) is 0 Å². The van der Waals surface area contributed by atoms with Crippen LogP contribution in [0.3, 0.4) is 0 Å². The fourth-order valence-electron chi connectivity index (χ4n) is 2.60. The first-order valence-electron chi connectivity index (χ1n) is 8.16. The molecule has 0 aliphatic rings. The second-order valence-electron chi connectivity index (χ2n) is 5.96. The van der Waals surface area contributed by atoms with Crippen molar-refractivity contribution in [3.63, 3.8) is 0 Å². The highest BCUT2D eigenvalue weighted by Gasteiger charge is 2.29. The molecule has 0 aromatic heterocycles. The minimum Gasteiger partial charge on any atom is -0.497 e. The van der Waals surface area contributed by atoms with Crippen LogP contribution in [0.1, 0.15) is 12.5 Å². The first-order valence-corrected chi connectivity index (χ1v) is 10.0. The summed E-state index contributed by atoms with van der Waals surface area (Å²) >= 11 is 0. The molecule has 2 rings (SSSR count). The van der Waals surface area contributed by atoms with Crippen LogP contribution in [-0.4, -0.2) is 33.7 Å². The topological polar surface area (TPSA) is 99.5 Å². The number of rotatable bonds is 7. The van der Waals surface area contributed by atoms with Gasteiger partial charge in [0.1, 0.15) is 11.8 Å². The molecule has 0 bridgehead atoms. The normalized spacial score (nSPS) is 11.9. The van der Waals surface area contributed by atoms with Gasteiger partial charge in [-0.25, -0.2) is 8.42 Å². The van der Waals surface area contributed by atoms with E-state index in [0.29, 0.717) is 17.1 Å². The average molecular weight is 387 g/mol.